The molecule has 0 aromatic rings. The highest BCUT2D eigenvalue weighted by Gasteiger charge is 2.40. The smallest absolute Gasteiger partial charge is 0.235 e. The third kappa shape index (κ3) is 3.09. The molecule has 13 heavy (non-hydrogen) atoms. The normalized spacial score (nSPS) is 31.0. The van der Waals surface area contributed by atoms with Gasteiger partial charge in [0.2, 0.25) is 9.05 Å². The molecule has 4 nitrogen and oxygen atoms in total. The Balaban J connectivity index is 2.72. The Hall–Kier alpha value is 0.160. The molecule has 1 aliphatic heterocycles. The summed E-state index contributed by atoms with van der Waals surface area (Å²) >= 11 is 0. The van der Waals surface area contributed by atoms with Crippen molar-refractivity contribution in [3.05, 3.63) is 0 Å². The second-order valence-corrected chi connectivity index (χ2v) is 6.34. The summed E-state index contributed by atoms with van der Waals surface area (Å²) in [5.41, 5.74) is -0.602. The molecule has 78 valence electrons. The molecule has 0 aromatic heterocycles. The molecule has 1 unspecified atom stereocenters. The highest BCUT2D eigenvalue weighted by Crippen LogP contribution is 2.26. The van der Waals surface area contributed by atoms with Gasteiger partial charge in [0.05, 0.1) is 11.4 Å². The van der Waals surface area contributed by atoms with E-state index in [1.54, 1.807) is 0 Å². The van der Waals surface area contributed by atoms with Crippen molar-refractivity contribution in [3.8, 4) is 0 Å². The van der Waals surface area contributed by atoms with Crippen LogP contribution in [0.1, 0.15) is 6.42 Å². The van der Waals surface area contributed by atoms with Gasteiger partial charge in [-0.25, -0.2) is 8.42 Å². The van der Waals surface area contributed by atoms with Crippen LogP contribution in [0.4, 0.5) is 0 Å². The van der Waals surface area contributed by atoms with Gasteiger partial charge in [-0.3, -0.25) is 0 Å². The lowest BCUT2D eigenvalue weighted by atomic mass is 10.1. The summed E-state index contributed by atoms with van der Waals surface area (Å²) in [5.74, 6) is -0.109. The summed E-state index contributed by atoms with van der Waals surface area (Å²) in [6.07, 6.45) is 0.714. The van der Waals surface area contributed by atoms with Crippen LogP contribution < -0.4 is 0 Å². The Morgan fingerprint density at radius 2 is 2.23 bits per heavy atom. The lowest BCUT2D eigenvalue weighted by Crippen LogP contribution is -2.40. The van der Waals surface area contributed by atoms with Crippen LogP contribution in [-0.2, 0) is 13.8 Å². The highest BCUT2D eigenvalue weighted by atomic mass is 35.7. The third-order valence-electron chi connectivity index (χ3n) is 2.38. The molecule has 1 rings (SSSR count). The molecule has 0 radical (unpaired) electrons. The van der Waals surface area contributed by atoms with E-state index in [2.05, 4.69) is 0 Å². The molecule has 0 spiro atoms. The van der Waals surface area contributed by atoms with E-state index in [-0.39, 0.29) is 5.75 Å². The van der Waals surface area contributed by atoms with Crippen molar-refractivity contribution in [2.75, 3.05) is 33.0 Å². The fourth-order valence-electron chi connectivity index (χ4n) is 1.70. The largest absolute Gasteiger partial charge is 0.376 e. The van der Waals surface area contributed by atoms with Gasteiger partial charge in [0.15, 0.2) is 0 Å². The van der Waals surface area contributed by atoms with Crippen LogP contribution in [0.5, 0.6) is 0 Å². The average Bonchev–Trinajstić information content (AvgIpc) is 2.29. The van der Waals surface area contributed by atoms with Gasteiger partial charge in [0.25, 0.3) is 0 Å². The van der Waals surface area contributed by atoms with Crippen LogP contribution in [0, 0.1) is 0 Å². The van der Waals surface area contributed by atoms with E-state index in [0.717, 1.165) is 6.54 Å². The first-order chi connectivity index (χ1) is 5.87. The molecule has 6 heteroatoms. The molecule has 0 saturated carbocycles. The first-order valence-corrected chi connectivity index (χ1v) is 6.51. The van der Waals surface area contributed by atoms with Crippen molar-refractivity contribution in [2.45, 2.75) is 12.0 Å². The average molecular weight is 228 g/mol. The minimum Gasteiger partial charge on any atom is -0.376 e. The molecule has 0 aromatic carbocycles. The zero-order chi connectivity index (χ0) is 10.1. The zero-order valence-corrected chi connectivity index (χ0v) is 9.36. The van der Waals surface area contributed by atoms with E-state index < -0.39 is 14.7 Å². The molecule has 0 bridgehead atoms. The molecule has 0 aliphatic carbocycles. The Kier molecular flexibility index (Phi) is 3.22. The van der Waals surface area contributed by atoms with Gasteiger partial charge in [-0.2, -0.15) is 0 Å². The van der Waals surface area contributed by atoms with Crippen molar-refractivity contribution in [1.29, 1.82) is 0 Å². The van der Waals surface area contributed by atoms with Gasteiger partial charge in [-0.1, -0.05) is 0 Å². The number of halogens is 1. The Labute approximate surface area is 83.2 Å². The van der Waals surface area contributed by atoms with Gasteiger partial charge in [0.1, 0.15) is 0 Å². The van der Waals surface area contributed by atoms with Gasteiger partial charge < -0.3 is 9.64 Å². The fraction of sp³-hybridized carbons (Fsp3) is 1.00. The molecular formula is C7H14ClNO3S. The molecule has 1 aliphatic rings. The van der Waals surface area contributed by atoms with Crippen LogP contribution in [0.15, 0.2) is 0 Å². The monoisotopic (exact) mass is 227 g/mol. The van der Waals surface area contributed by atoms with Crippen LogP contribution in [0.3, 0.4) is 0 Å². The van der Waals surface area contributed by atoms with E-state index in [1.807, 2.05) is 11.9 Å². The lowest BCUT2D eigenvalue weighted by Gasteiger charge is -2.25. The van der Waals surface area contributed by atoms with E-state index in [0.29, 0.717) is 13.0 Å². The second-order valence-electron chi connectivity index (χ2n) is 3.56. The van der Waals surface area contributed by atoms with Crippen molar-refractivity contribution in [3.63, 3.8) is 0 Å². The maximum atomic E-state index is 10.9. The van der Waals surface area contributed by atoms with Crippen molar-refractivity contribution < 1.29 is 13.2 Å². The number of rotatable bonds is 3. The predicted molar refractivity (Wildman–Crippen MR) is 51.5 cm³/mol. The molecular weight excluding hydrogens is 214 g/mol. The number of likely N-dealkylation sites (N-methyl/N-ethyl adjacent to an activating group) is 1. The molecule has 1 atom stereocenters. The number of methoxy groups -OCH3 is 1. The van der Waals surface area contributed by atoms with Crippen molar-refractivity contribution in [2.24, 2.45) is 0 Å². The topological polar surface area (TPSA) is 46.6 Å². The summed E-state index contributed by atoms with van der Waals surface area (Å²) in [6.45, 7) is 1.47. The SMILES string of the molecule is COC1(CS(=O)(=O)Cl)CCN(C)C1. The van der Waals surface area contributed by atoms with Crippen LogP contribution in [0.25, 0.3) is 0 Å². The van der Waals surface area contributed by atoms with Crippen molar-refractivity contribution in [1.82, 2.24) is 4.90 Å². The standard InChI is InChI=1S/C7H14ClNO3S/c1-9-4-3-7(5-9,12-2)6-13(8,10)11/h3-6H2,1-2H3. The minimum absolute atomic E-state index is 0.109. The Morgan fingerprint density at radius 1 is 1.62 bits per heavy atom. The van der Waals surface area contributed by atoms with E-state index >= 15 is 0 Å². The molecule has 0 amide bonds. The molecule has 0 N–H and O–H groups in total. The summed E-state index contributed by atoms with van der Waals surface area (Å²) in [4.78, 5) is 2.03. The quantitative estimate of drug-likeness (QED) is 0.650. The number of nitrogens with zero attached hydrogens (tertiary/aromatic N) is 1. The molecule has 1 saturated heterocycles. The zero-order valence-electron chi connectivity index (χ0n) is 7.79. The summed E-state index contributed by atoms with van der Waals surface area (Å²) in [5, 5.41) is 0. The van der Waals surface area contributed by atoms with Gasteiger partial charge >= 0.3 is 0 Å². The van der Waals surface area contributed by atoms with Gasteiger partial charge in [-0.15, -0.1) is 0 Å². The first kappa shape index (κ1) is 11.2. The number of ether oxygens (including phenoxy) is 1. The Bertz CT molecular complexity index is 279. The number of likely N-dealkylation sites (tertiary alicyclic amines) is 1. The van der Waals surface area contributed by atoms with E-state index in [1.165, 1.54) is 7.11 Å². The van der Waals surface area contributed by atoms with E-state index in [4.69, 9.17) is 15.4 Å². The van der Waals surface area contributed by atoms with Crippen LogP contribution >= 0.6 is 10.7 Å². The third-order valence-corrected chi connectivity index (χ3v) is 3.57. The highest BCUT2D eigenvalue weighted by molar-refractivity contribution is 8.13. The number of hydrogen-bond donors (Lipinski definition) is 0. The number of hydrogen-bond acceptors (Lipinski definition) is 4. The Morgan fingerprint density at radius 3 is 2.54 bits per heavy atom. The van der Waals surface area contributed by atoms with Crippen LogP contribution in [-0.4, -0.2) is 51.9 Å². The summed E-state index contributed by atoms with van der Waals surface area (Å²) < 4.78 is 27.1. The predicted octanol–water partition coefficient (Wildman–Crippen LogP) is 0.276. The second kappa shape index (κ2) is 3.73. The van der Waals surface area contributed by atoms with E-state index in [9.17, 15) is 8.42 Å². The minimum atomic E-state index is -3.48. The summed E-state index contributed by atoms with van der Waals surface area (Å²) in [7, 11) is 5.18. The van der Waals surface area contributed by atoms with Gasteiger partial charge in [0, 0.05) is 30.9 Å². The molecule has 1 fully saturated rings. The summed E-state index contributed by atoms with van der Waals surface area (Å²) in [6, 6.07) is 0. The molecule has 1 heterocycles. The first-order valence-electron chi connectivity index (χ1n) is 4.03. The maximum Gasteiger partial charge on any atom is 0.235 e. The lowest BCUT2D eigenvalue weighted by molar-refractivity contribution is 0.0200. The van der Waals surface area contributed by atoms with Crippen molar-refractivity contribution >= 4 is 19.7 Å². The van der Waals surface area contributed by atoms with Crippen LogP contribution in [0.2, 0.25) is 0 Å². The fourth-order valence-corrected chi connectivity index (χ4v) is 3.28. The maximum absolute atomic E-state index is 10.9. The van der Waals surface area contributed by atoms with Gasteiger partial charge in [-0.05, 0) is 13.5 Å².